The monoisotopic (exact) mass is 730 g/mol. The molecule has 0 atom stereocenters. The molecule has 4 aromatic heterocycles. The van der Waals surface area contributed by atoms with Gasteiger partial charge in [0.05, 0.1) is 16.6 Å². The Bertz CT molecular complexity index is 3410. The summed E-state index contributed by atoms with van der Waals surface area (Å²) in [5, 5.41) is 6.63. The fourth-order valence-electron chi connectivity index (χ4n) is 8.43. The first-order valence-electron chi connectivity index (χ1n) is 19.0. The van der Waals surface area contributed by atoms with Crippen molar-refractivity contribution in [1.29, 1.82) is 0 Å². The van der Waals surface area contributed by atoms with Crippen LogP contribution in [0.15, 0.2) is 191 Å². The number of nitrogens with zero attached hydrogens (tertiary/aromatic N) is 4. The molecule has 0 aliphatic carbocycles. The van der Waals surface area contributed by atoms with E-state index in [4.69, 9.17) is 23.8 Å². The molecule has 0 bridgehead atoms. The van der Waals surface area contributed by atoms with Gasteiger partial charge in [-0.25, -0.2) is 15.0 Å². The van der Waals surface area contributed by atoms with Crippen LogP contribution in [0.1, 0.15) is 0 Å². The first kappa shape index (κ1) is 31.5. The van der Waals surface area contributed by atoms with Gasteiger partial charge in [-0.1, -0.05) is 133 Å². The van der Waals surface area contributed by atoms with Crippen LogP contribution in [0.5, 0.6) is 0 Å². The average molecular weight is 731 g/mol. The highest BCUT2D eigenvalue weighted by atomic mass is 16.3. The molecule has 6 heteroatoms. The molecular formula is C51H30N4O2. The fourth-order valence-corrected chi connectivity index (χ4v) is 8.43. The standard InChI is InChI=1S/C51H30N4O2/c1-3-13-31(14-4-1)49-52-50(32-15-5-2-6-16-32)54-51(53-49)42-22-12-21-41-38-27-25-33(29-45(38)56-48(41)42)35-19-11-20-40-39-28-26-34(30-46(39)57-47(35)40)55-43-23-9-7-17-36(43)37-18-8-10-24-44(37)55/h1-30H. The number of hydrogen-bond donors (Lipinski definition) is 0. The molecule has 0 radical (unpaired) electrons. The highest BCUT2D eigenvalue weighted by Gasteiger charge is 2.20. The van der Waals surface area contributed by atoms with E-state index in [1.165, 1.54) is 21.8 Å². The molecule has 0 saturated carbocycles. The molecule has 0 unspecified atom stereocenters. The van der Waals surface area contributed by atoms with Gasteiger partial charge in [0, 0.05) is 60.8 Å². The molecule has 266 valence electrons. The molecule has 0 aliphatic heterocycles. The highest BCUT2D eigenvalue weighted by Crippen LogP contribution is 2.41. The molecule has 12 aromatic rings. The van der Waals surface area contributed by atoms with Crippen molar-refractivity contribution in [2.45, 2.75) is 0 Å². The largest absolute Gasteiger partial charge is 0.455 e. The van der Waals surface area contributed by atoms with Crippen LogP contribution in [-0.4, -0.2) is 19.5 Å². The van der Waals surface area contributed by atoms with Crippen LogP contribution >= 0.6 is 0 Å². The number of para-hydroxylation sites is 4. The first-order valence-corrected chi connectivity index (χ1v) is 19.0. The van der Waals surface area contributed by atoms with E-state index in [9.17, 15) is 0 Å². The van der Waals surface area contributed by atoms with Gasteiger partial charge in [0.15, 0.2) is 17.5 Å². The van der Waals surface area contributed by atoms with Crippen LogP contribution in [0.4, 0.5) is 0 Å². The summed E-state index contributed by atoms with van der Waals surface area (Å²) in [5.74, 6) is 1.77. The molecule has 8 aromatic carbocycles. The number of hydrogen-bond acceptors (Lipinski definition) is 5. The summed E-state index contributed by atoms with van der Waals surface area (Å²) < 4.78 is 15.9. The zero-order valence-electron chi connectivity index (χ0n) is 30.4. The van der Waals surface area contributed by atoms with Crippen LogP contribution < -0.4 is 0 Å². The molecule has 0 spiro atoms. The number of benzene rings is 8. The van der Waals surface area contributed by atoms with Gasteiger partial charge in [-0.3, -0.25) is 0 Å². The predicted octanol–water partition coefficient (Wildman–Crippen LogP) is 13.4. The molecule has 0 saturated heterocycles. The topological polar surface area (TPSA) is 69.9 Å². The normalized spacial score (nSPS) is 11.9. The summed E-state index contributed by atoms with van der Waals surface area (Å²) in [7, 11) is 0. The second kappa shape index (κ2) is 12.3. The number of aromatic nitrogens is 4. The maximum atomic E-state index is 6.78. The molecule has 0 aliphatic rings. The second-order valence-electron chi connectivity index (χ2n) is 14.4. The summed E-state index contributed by atoms with van der Waals surface area (Å²) in [4.78, 5) is 14.9. The lowest BCUT2D eigenvalue weighted by Crippen LogP contribution is -2.00. The summed E-state index contributed by atoms with van der Waals surface area (Å²) in [5.41, 5.74) is 11.2. The molecular weight excluding hydrogens is 701 g/mol. The van der Waals surface area contributed by atoms with Gasteiger partial charge in [-0.15, -0.1) is 0 Å². The minimum Gasteiger partial charge on any atom is -0.455 e. The molecule has 6 nitrogen and oxygen atoms in total. The smallest absolute Gasteiger partial charge is 0.167 e. The zero-order valence-corrected chi connectivity index (χ0v) is 30.4. The van der Waals surface area contributed by atoms with Gasteiger partial charge in [-0.05, 0) is 48.0 Å². The summed E-state index contributed by atoms with van der Waals surface area (Å²) in [6.07, 6.45) is 0. The van der Waals surface area contributed by atoms with Crippen molar-refractivity contribution in [3.63, 3.8) is 0 Å². The summed E-state index contributed by atoms with van der Waals surface area (Å²) >= 11 is 0. The number of rotatable bonds is 5. The molecule has 12 rings (SSSR count). The van der Waals surface area contributed by atoms with E-state index in [-0.39, 0.29) is 0 Å². The Labute approximate surface area is 325 Å². The number of furan rings is 2. The lowest BCUT2D eigenvalue weighted by Gasteiger charge is -2.08. The van der Waals surface area contributed by atoms with Crippen molar-refractivity contribution in [2.75, 3.05) is 0 Å². The minimum atomic E-state index is 0.555. The van der Waals surface area contributed by atoms with Crippen LogP contribution in [0.2, 0.25) is 0 Å². The third-order valence-electron chi connectivity index (χ3n) is 11.1. The van der Waals surface area contributed by atoms with Gasteiger partial charge in [0.1, 0.15) is 22.3 Å². The maximum absolute atomic E-state index is 6.78. The van der Waals surface area contributed by atoms with E-state index in [1.807, 2.05) is 72.8 Å². The molecule has 4 heterocycles. The van der Waals surface area contributed by atoms with E-state index in [2.05, 4.69) is 114 Å². The van der Waals surface area contributed by atoms with E-state index in [0.717, 1.165) is 77.4 Å². The third kappa shape index (κ3) is 4.94. The Morgan fingerprint density at radius 3 is 1.46 bits per heavy atom. The van der Waals surface area contributed by atoms with E-state index < -0.39 is 0 Å². The zero-order chi connectivity index (χ0) is 37.5. The highest BCUT2D eigenvalue weighted by molar-refractivity contribution is 6.13. The number of fused-ring (bicyclic) bond motifs is 9. The minimum absolute atomic E-state index is 0.555. The Morgan fingerprint density at radius 2 is 0.825 bits per heavy atom. The van der Waals surface area contributed by atoms with Gasteiger partial charge >= 0.3 is 0 Å². The van der Waals surface area contributed by atoms with E-state index >= 15 is 0 Å². The lowest BCUT2D eigenvalue weighted by molar-refractivity contribution is 0.668. The van der Waals surface area contributed by atoms with Gasteiger partial charge < -0.3 is 13.4 Å². The van der Waals surface area contributed by atoms with Crippen molar-refractivity contribution in [3.8, 4) is 51.0 Å². The maximum Gasteiger partial charge on any atom is 0.167 e. The van der Waals surface area contributed by atoms with Crippen molar-refractivity contribution in [2.24, 2.45) is 0 Å². The Morgan fingerprint density at radius 1 is 0.333 bits per heavy atom. The van der Waals surface area contributed by atoms with Crippen LogP contribution in [0.3, 0.4) is 0 Å². The van der Waals surface area contributed by atoms with E-state index in [1.54, 1.807) is 0 Å². The summed E-state index contributed by atoms with van der Waals surface area (Å²) in [6, 6.07) is 62.6. The van der Waals surface area contributed by atoms with Crippen LogP contribution in [-0.2, 0) is 0 Å². The quantitative estimate of drug-likeness (QED) is 0.176. The molecule has 0 fully saturated rings. The predicted molar refractivity (Wildman–Crippen MR) is 230 cm³/mol. The molecule has 0 amide bonds. The van der Waals surface area contributed by atoms with Gasteiger partial charge in [-0.2, -0.15) is 0 Å². The second-order valence-corrected chi connectivity index (χ2v) is 14.4. The fraction of sp³-hybridized carbons (Fsp3) is 0. The Balaban J connectivity index is 0.989. The van der Waals surface area contributed by atoms with E-state index in [0.29, 0.717) is 17.5 Å². The van der Waals surface area contributed by atoms with Crippen molar-refractivity contribution < 1.29 is 8.83 Å². The molecule has 0 N–H and O–H groups in total. The average Bonchev–Trinajstić information content (AvgIpc) is 3.96. The lowest BCUT2D eigenvalue weighted by atomic mass is 10.0. The Kier molecular flexibility index (Phi) is 6.83. The Hall–Kier alpha value is -7.83. The SMILES string of the molecule is c1ccc(-c2nc(-c3ccccc3)nc(-c3cccc4c3oc3cc(-c5cccc6c5oc5cc(-n7c8ccccc8c8ccccc87)ccc56)ccc34)n2)cc1. The van der Waals surface area contributed by atoms with Gasteiger partial charge in [0.2, 0.25) is 0 Å². The van der Waals surface area contributed by atoms with Crippen molar-refractivity contribution in [3.05, 3.63) is 182 Å². The first-order chi connectivity index (χ1) is 28.2. The van der Waals surface area contributed by atoms with Crippen molar-refractivity contribution >= 4 is 65.7 Å². The van der Waals surface area contributed by atoms with Crippen LogP contribution in [0.25, 0.3) is 117 Å². The third-order valence-corrected chi connectivity index (χ3v) is 11.1. The molecule has 57 heavy (non-hydrogen) atoms. The van der Waals surface area contributed by atoms with Gasteiger partial charge in [0.25, 0.3) is 0 Å². The van der Waals surface area contributed by atoms with Crippen molar-refractivity contribution in [1.82, 2.24) is 19.5 Å². The van der Waals surface area contributed by atoms with Crippen LogP contribution in [0, 0.1) is 0 Å². The summed E-state index contributed by atoms with van der Waals surface area (Å²) in [6.45, 7) is 0.